The highest BCUT2D eigenvalue weighted by atomic mass is 32.1. The first-order valence-electron chi connectivity index (χ1n) is 10.3. The van der Waals surface area contributed by atoms with E-state index >= 15 is 0 Å². The van der Waals surface area contributed by atoms with Crippen LogP contribution in [0.1, 0.15) is 32.4 Å². The van der Waals surface area contributed by atoms with Crippen molar-refractivity contribution in [3.05, 3.63) is 48.2 Å². The lowest BCUT2D eigenvalue weighted by Gasteiger charge is -2.16. The smallest absolute Gasteiger partial charge is 0.183 e. The maximum atomic E-state index is 6.24. The van der Waals surface area contributed by atoms with Crippen LogP contribution in [0.4, 0.5) is 10.9 Å². The van der Waals surface area contributed by atoms with Crippen molar-refractivity contribution in [2.75, 3.05) is 37.8 Å². The number of rotatable bonds is 9. The Balaban J connectivity index is 2.02. The number of hydrogen-bond donors (Lipinski definition) is 3. The lowest BCUT2D eigenvalue weighted by Crippen LogP contribution is -2.21. The summed E-state index contributed by atoms with van der Waals surface area (Å²) in [6, 6.07) is 12.7. The molecule has 0 amide bonds. The maximum Gasteiger partial charge on any atom is 0.183 e. The van der Waals surface area contributed by atoms with Crippen molar-refractivity contribution < 1.29 is 0 Å². The Labute approximate surface area is 183 Å². The Bertz CT molecular complexity index is 964. The predicted octanol–water partition coefficient (Wildman–Crippen LogP) is 4.69. The molecule has 0 aliphatic carbocycles. The van der Waals surface area contributed by atoms with Crippen LogP contribution >= 0.6 is 11.3 Å². The van der Waals surface area contributed by atoms with E-state index in [0.29, 0.717) is 6.04 Å². The predicted molar refractivity (Wildman–Crippen MR) is 129 cm³/mol. The zero-order valence-corrected chi connectivity index (χ0v) is 19.3. The molecule has 3 aromatic rings. The molecule has 0 fully saturated rings. The van der Waals surface area contributed by atoms with Gasteiger partial charge in [0.1, 0.15) is 5.82 Å². The number of thiazole rings is 1. The third kappa shape index (κ3) is 5.78. The number of hydrogen-bond acceptors (Lipinski definition) is 7. The third-order valence-corrected chi connectivity index (χ3v) is 5.60. The van der Waals surface area contributed by atoms with Crippen molar-refractivity contribution in [3.8, 4) is 21.7 Å². The highest BCUT2D eigenvalue weighted by Crippen LogP contribution is 2.34. The molecule has 0 radical (unpaired) electrons. The average molecular weight is 425 g/mol. The van der Waals surface area contributed by atoms with E-state index in [1.807, 2.05) is 25.3 Å². The zero-order chi connectivity index (χ0) is 21.7. The molecule has 1 atom stereocenters. The average Bonchev–Trinajstić information content (AvgIpc) is 3.15. The molecular weight excluding hydrogens is 392 g/mol. The van der Waals surface area contributed by atoms with Crippen molar-refractivity contribution in [2.45, 2.75) is 32.9 Å². The number of likely N-dealkylation sites (N-methyl/N-ethyl adjacent to an activating group) is 1. The monoisotopic (exact) mass is 424 g/mol. The number of anilines is 2. The summed E-state index contributed by atoms with van der Waals surface area (Å²) in [5.74, 6) is 0.857. The molecule has 0 bridgehead atoms. The van der Waals surface area contributed by atoms with Gasteiger partial charge in [-0.3, -0.25) is 0 Å². The van der Waals surface area contributed by atoms with E-state index in [4.69, 9.17) is 10.7 Å². The van der Waals surface area contributed by atoms with Gasteiger partial charge in [0.05, 0.1) is 10.6 Å². The Kier molecular flexibility index (Phi) is 7.42. The first kappa shape index (κ1) is 22.2. The molecule has 0 spiro atoms. The quantitative estimate of drug-likeness (QED) is 0.463. The topological polar surface area (TPSA) is 79.1 Å². The molecule has 0 saturated heterocycles. The number of nitrogens with zero attached hydrogens (tertiary/aromatic N) is 3. The molecule has 4 N–H and O–H groups in total. The largest absolute Gasteiger partial charge is 0.369 e. The zero-order valence-electron chi connectivity index (χ0n) is 18.4. The highest BCUT2D eigenvalue weighted by molar-refractivity contribution is 7.18. The molecule has 0 saturated carbocycles. The van der Waals surface area contributed by atoms with Crippen LogP contribution in [-0.2, 0) is 0 Å². The molecule has 1 unspecified atom stereocenters. The third-order valence-electron chi connectivity index (χ3n) is 4.62. The number of aromatic nitrogens is 2. The van der Waals surface area contributed by atoms with Gasteiger partial charge in [-0.1, -0.05) is 35.6 Å². The second-order valence-electron chi connectivity index (χ2n) is 8.06. The van der Waals surface area contributed by atoms with Gasteiger partial charge in [0.25, 0.3) is 0 Å². The van der Waals surface area contributed by atoms with Crippen LogP contribution < -0.4 is 16.4 Å². The molecule has 0 aliphatic heterocycles. The van der Waals surface area contributed by atoms with Gasteiger partial charge in [0, 0.05) is 36.9 Å². The summed E-state index contributed by atoms with van der Waals surface area (Å²) in [6.45, 7) is 7.99. The summed E-state index contributed by atoms with van der Waals surface area (Å²) in [5, 5.41) is 7.78. The minimum atomic E-state index is -0.0675. The highest BCUT2D eigenvalue weighted by Gasteiger charge is 2.14. The van der Waals surface area contributed by atoms with E-state index in [-0.39, 0.29) is 6.04 Å². The van der Waals surface area contributed by atoms with Crippen LogP contribution in [0.15, 0.2) is 42.6 Å². The fourth-order valence-corrected chi connectivity index (χ4v) is 4.11. The maximum absolute atomic E-state index is 6.24. The molecule has 1 aromatic carbocycles. The molecule has 2 aromatic heterocycles. The molecule has 160 valence electrons. The Morgan fingerprint density at radius 1 is 1.13 bits per heavy atom. The Morgan fingerprint density at radius 3 is 2.60 bits per heavy atom. The lowest BCUT2D eigenvalue weighted by molar-refractivity contribution is 0.425. The van der Waals surface area contributed by atoms with Crippen LogP contribution in [0.25, 0.3) is 21.7 Å². The Hall–Kier alpha value is -2.48. The number of nitrogens with two attached hydrogens (primary N) is 1. The molecule has 30 heavy (non-hydrogen) atoms. The summed E-state index contributed by atoms with van der Waals surface area (Å²) in [6.07, 6.45) is 1.93. The molecule has 7 heteroatoms. The van der Waals surface area contributed by atoms with Gasteiger partial charge >= 0.3 is 0 Å². The van der Waals surface area contributed by atoms with Gasteiger partial charge < -0.3 is 21.3 Å². The van der Waals surface area contributed by atoms with Gasteiger partial charge in [-0.2, -0.15) is 0 Å². The SMILES string of the molecule is CC(C)Nc1ncc(-c2cc(NCCN(C)C)nc(-c3ccccc3C(C)N)c2)s1. The normalized spacial score (nSPS) is 12.4. The van der Waals surface area contributed by atoms with E-state index in [0.717, 1.165) is 51.3 Å². The summed E-state index contributed by atoms with van der Waals surface area (Å²) in [4.78, 5) is 12.7. The van der Waals surface area contributed by atoms with Crippen LogP contribution in [-0.4, -0.2) is 48.1 Å². The summed E-state index contributed by atoms with van der Waals surface area (Å²) < 4.78 is 0. The lowest BCUT2D eigenvalue weighted by atomic mass is 9.98. The first-order chi connectivity index (χ1) is 14.3. The van der Waals surface area contributed by atoms with Gasteiger partial charge in [0.15, 0.2) is 5.13 Å². The first-order valence-corrected chi connectivity index (χ1v) is 11.1. The van der Waals surface area contributed by atoms with E-state index in [1.165, 1.54) is 0 Å². The van der Waals surface area contributed by atoms with Crippen LogP contribution in [0, 0.1) is 0 Å². The number of pyridine rings is 1. The van der Waals surface area contributed by atoms with Crippen LogP contribution in [0.5, 0.6) is 0 Å². The Morgan fingerprint density at radius 2 is 1.90 bits per heavy atom. The van der Waals surface area contributed by atoms with Gasteiger partial charge in [-0.05, 0) is 58.1 Å². The second kappa shape index (κ2) is 10.0. The summed E-state index contributed by atoms with van der Waals surface area (Å²) in [7, 11) is 4.13. The fourth-order valence-electron chi connectivity index (χ4n) is 3.16. The molecular formula is C23H32N6S. The van der Waals surface area contributed by atoms with Gasteiger partial charge in [0.2, 0.25) is 0 Å². The number of benzene rings is 1. The molecule has 2 heterocycles. The summed E-state index contributed by atoms with van der Waals surface area (Å²) >= 11 is 1.66. The van der Waals surface area contributed by atoms with E-state index in [2.05, 4.69) is 72.7 Å². The minimum absolute atomic E-state index is 0.0675. The summed E-state index contributed by atoms with van der Waals surface area (Å²) in [5.41, 5.74) is 10.4. The van der Waals surface area contributed by atoms with E-state index in [1.54, 1.807) is 11.3 Å². The van der Waals surface area contributed by atoms with Crippen LogP contribution in [0.2, 0.25) is 0 Å². The minimum Gasteiger partial charge on any atom is -0.369 e. The van der Waals surface area contributed by atoms with E-state index in [9.17, 15) is 0 Å². The van der Waals surface area contributed by atoms with Crippen molar-refractivity contribution in [1.29, 1.82) is 0 Å². The van der Waals surface area contributed by atoms with E-state index < -0.39 is 0 Å². The van der Waals surface area contributed by atoms with Crippen molar-refractivity contribution in [2.24, 2.45) is 5.73 Å². The molecule has 3 rings (SSSR count). The number of nitrogens with one attached hydrogen (secondary N) is 2. The molecule has 0 aliphatic rings. The van der Waals surface area contributed by atoms with Crippen molar-refractivity contribution >= 4 is 22.3 Å². The van der Waals surface area contributed by atoms with Gasteiger partial charge in [-0.15, -0.1) is 0 Å². The van der Waals surface area contributed by atoms with Crippen LogP contribution in [0.3, 0.4) is 0 Å². The standard InChI is InChI=1S/C23H32N6S/c1-15(2)27-23-26-14-21(30-23)17-12-20(19-9-7-6-8-18(19)16(3)24)28-22(13-17)25-10-11-29(4)5/h6-9,12-16H,10-11,24H2,1-5H3,(H,25,28)(H,26,27). The van der Waals surface area contributed by atoms with Crippen molar-refractivity contribution in [3.63, 3.8) is 0 Å². The van der Waals surface area contributed by atoms with Crippen molar-refractivity contribution in [1.82, 2.24) is 14.9 Å². The molecule has 6 nitrogen and oxygen atoms in total. The fraction of sp³-hybridized carbons (Fsp3) is 0.391. The second-order valence-corrected chi connectivity index (χ2v) is 9.09. The van der Waals surface area contributed by atoms with Gasteiger partial charge in [-0.25, -0.2) is 9.97 Å².